The first-order valence-corrected chi connectivity index (χ1v) is 9.58. The number of fused-ring (bicyclic) bond motifs is 2. The third-order valence-electron chi connectivity index (χ3n) is 5.13. The zero-order valence-electron chi connectivity index (χ0n) is 16.1. The standard InChI is InChI=1S/C23H21NO5/c1-14(25)24-12-15-5-7-16(8-6-15)23(27)28-13-19-11-22(26)29-21-10-18-4-2-3-17(18)9-20(19)21/h5-11H,2-4,12-13H2,1H3,(H,24,25). The van der Waals surface area contributed by atoms with Gasteiger partial charge in [-0.05, 0) is 60.2 Å². The Morgan fingerprint density at radius 2 is 1.79 bits per heavy atom. The van der Waals surface area contributed by atoms with Gasteiger partial charge in [0.15, 0.2) is 0 Å². The molecule has 0 bridgehead atoms. The summed E-state index contributed by atoms with van der Waals surface area (Å²) in [4.78, 5) is 35.3. The molecule has 1 amide bonds. The van der Waals surface area contributed by atoms with Crippen molar-refractivity contribution in [3.8, 4) is 0 Å². The van der Waals surface area contributed by atoms with E-state index < -0.39 is 11.6 Å². The lowest BCUT2D eigenvalue weighted by Gasteiger charge is -2.09. The predicted molar refractivity (Wildman–Crippen MR) is 108 cm³/mol. The molecule has 0 atom stereocenters. The van der Waals surface area contributed by atoms with E-state index in [1.165, 1.54) is 24.1 Å². The number of aryl methyl sites for hydroxylation is 2. The molecule has 0 radical (unpaired) electrons. The van der Waals surface area contributed by atoms with Crippen LogP contribution in [0.1, 0.15) is 46.0 Å². The third kappa shape index (κ3) is 4.21. The second-order valence-electron chi connectivity index (χ2n) is 7.24. The molecule has 6 nitrogen and oxygen atoms in total. The van der Waals surface area contributed by atoms with Gasteiger partial charge in [-0.2, -0.15) is 0 Å². The van der Waals surface area contributed by atoms with Crippen molar-refractivity contribution in [3.05, 3.63) is 80.7 Å². The minimum atomic E-state index is -0.473. The summed E-state index contributed by atoms with van der Waals surface area (Å²) < 4.78 is 10.8. The van der Waals surface area contributed by atoms with E-state index in [1.807, 2.05) is 12.1 Å². The van der Waals surface area contributed by atoms with Gasteiger partial charge in [0.25, 0.3) is 0 Å². The fourth-order valence-electron chi connectivity index (χ4n) is 3.63. The van der Waals surface area contributed by atoms with E-state index in [1.54, 1.807) is 24.3 Å². The molecule has 4 rings (SSSR count). The molecule has 29 heavy (non-hydrogen) atoms. The molecule has 1 aromatic heterocycles. The van der Waals surface area contributed by atoms with Gasteiger partial charge < -0.3 is 14.5 Å². The molecule has 0 spiro atoms. The van der Waals surface area contributed by atoms with Crippen LogP contribution in [0.25, 0.3) is 11.0 Å². The summed E-state index contributed by atoms with van der Waals surface area (Å²) in [6.45, 7) is 1.85. The molecule has 6 heteroatoms. The molecule has 0 fully saturated rings. The van der Waals surface area contributed by atoms with E-state index in [-0.39, 0.29) is 12.5 Å². The molecule has 3 aromatic rings. The first-order valence-electron chi connectivity index (χ1n) is 9.58. The van der Waals surface area contributed by atoms with Gasteiger partial charge in [0.1, 0.15) is 12.2 Å². The van der Waals surface area contributed by atoms with Crippen molar-refractivity contribution < 1.29 is 18.7 Å². The number of hydrogen-bond donors (Lipinski definition) is 1. The van der Waals surface area contributed by atoms with Crippen molar-refractivity contribution >= 4 is 22.8 Å². The van der Waals surface area contributed by atoms with Gasteiger partial charge in [-0.1, -0.05) is 12.1 Å². The van der Waals surface area contributed by atoms with E-state index in [0.717, 1.165) is 30.2 Å². The lowest BCUT2D eigenvalue weighted by atomic mass is 10.0. The SMILES string of the molecule is CC(=O)NCc1ccc(C(=O)OCc2cc(=O)oc3cc4c(cc23)CCC4)cc1. The van der Waals surface area contributed by atoms with E-state index >= 15 is 0 Å². The highest BCUT2D eigenvalue weighted by Gasteiger charge is 2.16. The summed E-state index contributed by atoms with van der Waals surface area (Å²) in [5.74, 6) is -0.586. The number of hydrogen-bond acceptors (Lipinski definition) is 5. The van der Waals surface area contributed by atoms with Crippen LogP contribution in [-0.2, 0) is 35.5 Å². The van der Waals surface area contributed by atoms with Crippen LogP contribution in [0.4, 0.5) is 0 Å². The average molecular weight is 391 g/mol. The molecule has 0 unspecified atom stereocenters. The number of benzene rings is 2. The molecular weight excluding hydrogens is 370 g/mol. The summed E-state index contributed by atoms with van der Waals surface area (Å²) in [7, 11) is 0. The Morgan fingerprint density at radius 3 is 2.52 bits per heavy atom. The Hall–Kier alpha value is -3.41. The first kappa shape index (κ1) is 18.9. The lowest BCUT2D eigenvalue weighted by molar-refractivity contribution is -0.119. The van der Waals surface area contributed by atoms with Gasteiger partial charge in [-0.15, -0.1) is 0 Å². The second-order valence-corrected chi connectivity index (χ2v) is 7.24. The molecule has 1 heterocycles. The van der Waals surface area contributed by atoms with Gasteiger partial charge in [0.05, 0.1) is 5.56 Å². The second kappa shape index (κ2) is 7.91. The molecule has 1 aliphatic carbocycles. The highest BCUT2D eigenvalue weighted by atomic mass is 16.5. The number of nitrogens with one attached hydrogen (secondary N) is 1. The summed E-state index contributed by atoms with van der Waals surface area (Å²) in [5.41, 5.74) is 4.49. The number of carbonyl (C=O) groups is 2. The van der Waals surface area contributed by atoms with Crippen molar-refractivity contribution in [1.82, 2.24) is 5.32 Å². The topological polar surface area (TPSA) is 85.6 Å². The Labute approximate surface area is 167 Å². The summed E-state index contributed by atoms with van der Waals surface area (Å²) in [6.07, 6.45) is 3.10. The zero-order chi connectivity index (χ0) is 20.4. The van der Waals surface area contributed by atoms with Crippen molar-refractivity contribution in [3.63, 3.8) is 0 Å². The molecule has 0 saturated heterocycles. The quantitative estimate of drug-likeness (QED) is 0.533. The largest absolute Gasteiger partial charge is 0.457 e. The maximum atomic E-state index is 12.4. The van der Waals surface area contributed by atoms with Crippen LogP contribution < -0.4 is 10.9 Å². The van der Waals surface area contributed by atoms with E-state index in [9.17, 15) is 14.4 Å². The monoisotopic (exact) mass is 391 g/mol. The van der Waals surface area contributed by atoms with Gasteiger partial charge in [-0.3, -0.25) is 4.79 Å². The van der Waals surface area contributed by atoms with Crippen LogP contribution in [0.3, 0.4) is 0 Å². The lowest BCUT2D eigenvalue weighted by Crippen LogP contribution is -2.18. The third-order valence-corrected chi connectivity index (χ3v) is 5.13. The van der Waals surface area contributed by atoms with Gasteiger partial charge in [0.2, 0.25) is 5.91 Å². The summed E-state index contributed by atoms with van der Waals surface area (Å²) >= 11 is 0. The van der Waals surface area contributed by atoms with E-state index in [2.05, 4.69) is 5.32 Å². The van der Waals surface area contributed by atoms with Gasteiger partial charge in [0, 0.05) is 30.5 Å². The van der Waals surface area contributed by atoms with Crippen molar-refractivity contribution in [2.75, 3.05) is 0 Å². The number of esters is 1. The Morgan fingerprint density at radius 1 is 1.07 bits per heavy atom. The highest BCUT2D eigenvalue weighted by molar-refractivity contribution is 5.90. The molecular formula is C23H21NO5. The van der Waals surface area contributed by atoms with Crippen LogP contribution in [0.5, 0.6) is 0 Å². The number of amides is 1. The molecule has 148 valence electrons. The van der Waals surface area contributed by atoms with E-state index in [0.29, 0.717) is 23.3 Å². The molecule has 2 aromatic carbocycles. The number of ether oxygens (including phenoxy) is 1. The molecule has 0 saturated carbocycles. The average Bonchev–Trinajstić information content (AvgIpc) is 3.16. The van der Waals surface area contributed by atoms with Crippen molar-refractivity contribution in [1.29, 1.82) is 0 Å². The maximum Gasteiger partial charge on any atom is 0.338 e. The van der Waals surface area contributed by atoms with Crippen LogP contribution in [0.2, 0.25) is 0 Å². The molecule has 1 N–H and O–H groups in total. The highest BCUT2D eigenvalue weighted by Crippen LogP contribution is 2.28. The Balaban J connectivity index is 1.50. The molecule has 0 aliphatic heterocycles. The van der Waals surface area contributed by atoms with Crippen LogP contribution in [0.15, 0.2) is 51.7 Å². The number of carbonyl (C=O) groups excluding carboxylic acids is 2. The molecule has 1 aliphatic rings. The smallest absolute Gasteiger partial charge is 0.338 e. The Kier molecular flexibility index (Phi) is 5.16. The summed E-state index contributed by atoms with van der Waals surface area (Å²) in [5, 5.41) is 3.51. The number of rotatable bonds is 5. The van der Waals surface area contributed by atoms with Crippen molar-refractivity contribution in [2.24, 2.45) is 0 Å². The Bertz CT molecular complexity index is 1140. The van der Waals surface area contributed by atoms with E-state index in [4.69, 9.17) is 9.15 Å². The summed E-state index contributed by atoms with van der Waals surface area (Å²) in [6, 6.07) is 12.2. The van der Waals surface area contributed by atoms with Gasteiger partial charge >= 0.3 is 11.6 Å². The fourth-order valence-corrected chi connectivity index (χ4v) is 3.63. The van der Waals surface area contributed by atoms with Crippen molar-refractivity contribution in [2.45, 2.75) is 39.3 Å². The van der Waals surface area contributed by atoms with Crippen LogP contribution in [0, 0.1) is 0 Å². The zero-order valence-corrected chi connectivity index (χ0v) is 16.1. The fraction of sp³-hybridized carbons (Fsp3) is 0.261. The maximum absolute atomic E-state index is 12.4. The van der Waals surface area contributed by atoms with Crippen LogP contribution in [-0.4, -0.2) is 11.9 Å². The predicted octanol–water partition coefficient (Wildman–Crippen LogP) is 3.27. The van der Waals surface area contributed by atoms with Crippen LogP contribution >= 0.6 is 0 Å². The van der Waals surface area contributed by atoms with Gasteiger partial charge in [-0.25, -0.2) is 9.59 Å². The minimum Gasteiger partial charge on any atom is -0.457 e. The first-order chi connectivity index (χ1) is 14.0. The minimum absolute atomic E-state index is 0.00658. The normalized spacial score (nSPS) is 12.6.